The second kappa shape index (κ2) is 12.6. The summed E-state index contributed by atoms with van der Waals surface area (Å²) in [6, 6.07) is 23.1. The number of fused-ring (bicyclic) bond motifs is 2. The van der Waals surface area contributed by atoms with Gasteiger partial charge >= 0.3 is 11.9 Å². The number of hydrogen-bond donors (Lipinski definition) is 2. The number of rotatable bonds is 7. The number of likely N-dealkylation sites (tertiary alicyclic amines) is 1. The molecule has 0 radical (unpaired) electrons. The Hall–Kier alpha value is -4.30. The lowest BCUT2D eigenvalue weighted by atomic mass is 10.00. The van der Waals surface area contributed by atoms with Crippen LogP contribution in [0.15, 0.2) is 90.1 Å². The molecule has 37 heavy (non-hydrogen) atoms. The van der Waals surface area contributed by atoms with Crippen LogP contribution in [0.3, 0.4) is 0 Å². The molecule has 5 rings (SSSR count). The van der Waals surface area contributed by atoms with E-state index in [1.165, 1.54) is 31.6 Å². The molecule has 0 aliphatic carbocycles. The predicted octanol–water partition coefficient (Wildman–Crippen LogP) is 4.90. The summed E-state index contributed by atoms with van der Waals surface area (Å²) in [5.41, 5.74) is 5.43. The van der Waals surface area contributed by atoms with Crippen molar-refractivity contribution >= 4 is 34.8 Å². The maximum absolute atomic E-state index is 9.55. The van der Waals surface area contributed by atoms with Gasteiger partial charge in [0, 0.05) is 36.0 Å². The summed E-state index contributed by atoms with van der Waals surface area (Å²) >= 11 is 0. The highest BCUT2D eigenvalue weighted by atomic mass is 16.4. The molecule has 8 nitrogen and oxygen atoms in total. The van der Waals surface area contributed by atoms with Gasteiger partial charge in [0.1, 0.15) is 5.69 Å². The number of aromatic nitrogens is 1. The molecule has 3 heterocycles. The van der Waals surface area contributed by atoms with Crippen LogP contribution < -0.4 is 4.90 Å². The summed E-state index contributed by atoms with van der Waals surface area (Å²) in [5, 5.41) is 15.6. The van der Waals surface area contributed by atoms with Crippen molar-refractivity contribution in [1.82, 2.24) is 9.88 Å². The molecule has 0 amide bonds. The van der Waals surface area contributed by atoms with E-state index in [4.69, 9.17) is 20.2 Å². The van der Waals surface area contributed by atoms with Crippen molar-refractivity contribution in [3.8, 4) is 0 Å². The maximum Gasteiger partial charge on any atom is 0.328 e. The Balaban J connectivity index is 0.000000349. The number of nitrogens with zero attached hydrogens (tertiary/aromatic N) is 4. The molecular formula is C29H30N4O4. The van der Waals surface area contributed by atoms with Crippen LogP contribution in [-0.4, -0.2) is 63.9 Å². The van der Waals surface area contributed by atoms with Gasteiger partial charge in [0.2, 0.25) is 0 Å². The molecule has 0 spiro atoms. The summed E-state index contributed by atoms with van der Waals surface area (Å²) in [6.45, 7) is 4.57. The minimum Gasteiger partial charge on any atom is -0.478 e. The third kappa shape index (κ3) is 6.89. The monoisotopic (exact) mass is 498 g/mol. The normalized spacial score (nSPS) is 14.7. The Labute approximate surface area is 216 Å². The van der Waals surface area contributed by atoms with Crippen LogP contribution in [0.2, 0.25) is 0 Å². The third-order valence-electron chi connectivity index (χ3n) is 6.17. The number of benzene rings is 2. The van der Waals surface area contributed by atoms with Gasteiger partial charge in [-0.2, -0.15) is 0 Å². The minimum absolute atomic E-state index is 0.558. The molecule has 2 aliphatic rings. The second-order valence-corrected chi connectivity index (χ2v) is 8.75. The lowest BCUT2D eigenvalue weighted by molar-refractivity contribution is -0.134. The molecule has 1 aromatic heterocycles. The van der Waals surface area contributed by atoms with E-state index in [-0.39, 0.29) is 0 Å². The van der Waals surface area contributed by atoms with E-state index in [1.807, 2.05) is 18.3 Å². The first-order valence-electron chi connectivity index (χ1n) is 12.4. The Morgan fingerprint density at radius 2 is 1.51 bits per heavy atom. The molecule has 2 aromatic carbocycles. The molecule has 8 heteroatoms. The lowest BCUT2D eigenvalue weighted by Gasteiger charge is -2.26. The van der Waals surface area contributed by atoms with Gasteiger partial charge in [0.05, 0.1) is 11.4 Å². The van der Waals surface area contributed by atoms with Gasteiger partial charge in [-0.3, -0.25) is 0 Å². The predicted molar refractivity (Wildman–Crippen MR) is 144 cm³/mol. The molecule has 1 saturated heterocycles. The average molecular weight is 499 g/mol. The van der Waals surface area contributed by atoms with Gasteiger partial charge in [0.25, 0.3) is 0 Å². The minimum atomic E-state index is -1.26. The van der Waals surface area contributed by atoms with Crippen LogP contribution >= 0.6 is 0 Å². The van der Waals surface area contributed by atoms with Crippen LogP contribution in [0.25, 0.3) is 0 Å². The number of aliphatic imine (C=N–C) groups is 1. The Morgan fingerprint density at radius 3 is 2.22 bits per heavy atom. The molecule has 1 fully saturated rings. The van der Waals surface area contributed by atoms with E-state index in [0.29, 0.717) is 12.2 Å². The van der Waals surface area contributed by atoms with Gasteiger partial charge in [-0.05, 0) is 57.1 Å². The quantitative estimate of drug-likeness (QED) is 0.446. The number of anilines is 2. The van der Waals surface area contributed by atoms with Crippen LogP contribution in [0.5, 0.6) is 0 Å². The Bertz CT molecular complexity index is 1270. The summed E-state index contributed by atoms with van der Waals surface area (Å²) in [4.78, 5) is 33.9. The zero-order valence-electron chi connectivity index (χ0n) is 20.5. The van der Waals surface area contributed by atoms with E-state index in [9.17, 15) is 9.59 Å². The Kier molecular flexibility index (Phi) is 8.78. The van der Waals surface area contributed by atoms with Gasteiger partial charge in [-0.15, -0.1) is 0 Å². The average Bonchev–Trinajstić information content (AvgIpc) is 3.39. The van der Waals surface area contributed by atoms with Crippen molar-refractivity contribution in [2.24, 2.45) is 4.99 Å². The lowest BCUT2D eigenvalue weighted by Crippen LogP contribution is -2.27. The number of para-hydroxylation sites is 1. The molecule has 190 valence electrons. The van der Waals surface area contributed by atoms with Gasteiger partial charge in [-0.1, -0.05) is 48.5 Å². The first-order valence-corrected chi connectivity index (χ1v) is 12.4. The van der Waals surface area contributed by atoms with Crippen molar-refractivity contribution in [2.75, 3.05) is 31.1 Å². The largest absolute Gasteiger partial charge is 0.478 e. The molecule has 2 N–H and O–H groups in total. The van der Waals surface area contributed by atoms with Crippen LogP contribution in [0.4, 0.5) is 17.2 Å². The standard InChI is InChI=1S/C25H26N4.C4H4O4/c1-2-10-20(11-3-1)24-21-12-4-5-14-23(21)29(19-9-18-28-16-6-7-17-28)25-22(27-24)13-8-15-26-25;5-3(6)1-2-4(7)8/h1-5,8,10-15H,6-7,9,16-19H2;1-2H,(H,5,6)(H,7,8). The molecule has 0 saturated carbocycles. The third-order valence-corrected chi connectivity index (χ3v) is 6.17. The fourth-order valence-electron chi connectivity index (χ4n) is 4.53. The first-order chi connectivity index (χ1) is 18.0. The van der Waals surface area contributed by atoms with Crippen LogP contribution in [-0.2, 0) is 9.59 Å². The zero-order chi connectivity index (χ0) is 26.0. The van der Waals surface area contributed by atoms with Gasteiger partial charge in [-0.25, -0.2) is 19.6 Å². The SMILES string of the molecule is O=C(O)C=CC(=O)O.c1ccc(C2=Nc3cccnc3N(CCCN3CCCC3)c3ccccc32)cc1. The summed E-state index contributed by atoms with van der Waals surface area (Å²) < 4.78 is 0. The van der Waals surface area contributed by atoms with Crippen molar-refractivity contribution in [1.29, 1.82) is 0 Å². The van der Waals surface area contributed by atoms with E-state index in [0.717, 1.165) is 47.9 Å². The van der Waals surface area contributed by atoms with E-state index >= 15 is 0 Å². The van der Waals surface area contributed by atoms with Crippen molar-refractivity contribution < 1.29 is 19.8 Å². The smallest absolute Gasteiger partial charge is 0.328 e. The summed E-state index contributed by atoms with van der Waals surface area (Å²) in [6.07, 6.45) is 6.78. The number of carboxylic acids is 2. The topological polar surface area (TPSA) is 106 Å². The number of hydrogen-bond acceptors (Lipinski definition) is 6. The zero-order valence-corrected chi connectivity index (χ0v) is 20.5. The van der Waals surface area contributed by atoms with Gasteiger partial charge < -0.3 is 20.0 Å². The molecule has 0 bridgehead atoms. The fraction of sp³-hybridized carbons (Fsp3) is 0.241. The number of carbonyl (C=O) groups is 2. The second-order valence-electron chi connectivity index (χ2n) is 8.75. The van der Waals surface area contributed by atoms with Gasteiger partial charge in [0.15, 0.2) is 5.82 Å². The molecule has 0 atom stereocenters. The number of carboxylic acid groups (broad SMARTS) is 2. The first kappa shape index (κ1) is 25.8. The molecule has 3 aromatic rings. The Morgan fingerprint density at radius 1 is 0.838 bits per heavy atom. The van der Waals surface area contributed by atoms with E-state index in [1.54, 1.807) is 0 Å². The van der Waals surface area contributed by atoms with Crippen molar-refractivity contribution in [3.05, 3.63) is 96.2 Å². The van der Waals surface area contributed by atoms with E-state index in [2.05, 4.69) is 64.4 Å². The number of aliphatic carboxylic acids is 2. The summed E-state index contributed by atoms with van der Waals surface area (Å²) in [5.74, 6) is -1.56. The molecule has 0 unspecified atom stereocenters. The highest BCUT2D eigenvalue weighted by molar-refractivity contribution is 6.18. The fourth-order valence-corrected chi connectivity index (χ4v) is 4.53. The summed E-state index contributed by atoms with van der Waals surface area (Å²) in [7, 11) is 0. The highest BCUT2D eigenvalue weighted by Crippen LogP contribution is 2.39. The maximum atomic E-state index is 9.55. The van der Waals surface area contributed by atoms with Crippen LogP contribution in [0, 0.1) is 0 Å². The van der Waals surface area contributed by atoms with E-state index < -0.39 is 11.9 Å². The number of pyridine rings is 1. The van der Waals surface area contributed by atoms with Crippen molar-refractivity contribution in [2.45, 2.75) is 19.3 Å². The molecule has 2 aliphatic heterocycles. The van der Waals surface area contributed by atoms with Crippen molar-refractivity contribution in [3.63, 3.8) is 0 Å². The highest BCUT2D eigenvalue weighted by Gasteiger charge is 2.24. The molecular weight excluding hydrogens is 468 g/mol. The van der Waals surface area contributed by atoms with Crippen LogP contribution in [0.1, 0.15) is 30.4 Å².